The van der Waals surface area contributed by atoms with Gasteiger partial charge in [-0.1, -0.05) is 11.6 Å². The highest BCUT2D eigenvalue weighted by atomic mass is 35.5. The van der Waals surface area contributed by atoms with Crippen molar-refractivity contribution >= 4 is 21.6 Å². The Labute approximate surface area is 92.3 Å². The van der Waals surface area contributed by atoms with Gasteiger partial charge in [0.2, 0.25) is 10.0 Å². The minimum atomic E-state index is -3.85. The standard InChI is InChI=1S/C8H9ClN2O3S/c9-6-3-11-4-7(15(10,12)13)8(6)14-5-1-2-5/h3-5H,1-2H2,(H2,10,12,13). The van der Waals surface area contributed by atoms with Crippen LogP contribution in [0.2, 0.25) is 5.02 Å². The minimum Gasteiger partial charge on any atom is -0.487 e. The fourth-order valence-corrected chi connectivity index (χ4v) is 1.96. The Morgan fingerprint density at radius 3 is 2.67 bits per heavy atom. The quantitative estimate of drug-likeness (QED) is 0.862. The third-order valence-electron chi connectivity index (χ3n) is 1.94. The Bertz CT molecular complexity index is 485. The highest BCUT2D eigenvalue weighted by molar-refractivity contribution is 7.89. The number of sulfonamides is 1. The number of aromatic nitrogens is 1. The largest absolute Gasteiger partial charge is 0.487 e. The van der Waals surface area contributed by atoms with Gasteiger partial charge in [0.15, 0.2) is 5.75 Å². The Morgan fingerprint density at radius 2 is 2.13 bits per heavy atom. The summed E-state index contributed by atoms with van der Waals surface area (Å²) in [6.07, 6.45) is 4.32. The Hall–Kier alpha value is -0.850. The number of nitrogens with two attached hydrogens (primary N) is 1. The minimum absolute atomic E-state index is 0.0467. The van der Waals surface area contributed by atoms with Crippen LogP contribution >= 0.6 is 11.6 Å². The first-order chi connectivity index (χ1) is 6.98. The van der Waals surface area contributed by atoms with Crippen molar-refractivity contribution in [3.63, 3.8) is 0 Å². The van der Waals surface area contributed by atoms with Gasteiger partial charge in [0, 0.05) is 6.20 Å². The summed E-state index contributed by atoms with van der Waals surface area (Å²) in [5.41, 5.74) is 0. The van der Waals surface area contributed by atoms with Crippen LogP contribution in [0, 0.1) is 0 Å². The topological polar surface area (TPSA) is 82.3 Å². The van der Waals surface area contributed by atoms with E-state index in [1.54, 1.807) is 0 Å². The zero-order valence-corrected chi connectivity index (χ0v) is 9.25. The summed E-state index contributed by atoms with van der Waals surface area (Å²) >= 11 is 5.80. The van der Waals surface area contributed by atoms with E-state index in [9.17, 15) is 8.42 Å². The van der Waals surface area contributed by atoms with Gasteiger partial charge < -0.3 is 4.74 Å². The fraction of sp³-hybridized carbons (Fsp3) is 0.375. The number of ether oxygens (including phenoxy) is 1. The van der Waals surface area contributed by atoms with Gasteiger partial charge in [0.1, 0.15) is 9.92 Å². The number of hydrogen-bond donors (Lipinski definition) is 1. The summed E-state index contributed by atoms with van der Waals surface area (Å²) in [4.78, 5) is 3.50. The number of primary sulfonamides is 1. The van der Waals surface area contributed by atoms with Gasteiger partial charge in [-0.25, -0.2) is 13.6 Å². The first-order valence-corrected chi connectivity index (χ1v) is 6.24. The highest BCUT2D eigenvalue weighted by Gasteiger charge is 2.28. The fourth-order valence-electron chi connectivity index (χ4n) is 1.07. The van der Waals surface area contributed by atoms with Gasteiger partial charge in [-0.05, 0) is 12.8 Å². The lowest BCUT2D eigenvalue weighted by Crippen LogP contribution is -2.15. The molecule has 1 aliphatic rings. The molecule has 0 amide bonds. The number of hydrogen-bond acceptors (Lipinski definition) is 4. The van der Waals surface area contributed by atoms with E-state index in [4.69, 9.17) is 21.5 Å². The van der Waals surface area contributed by atoms with E-state index in [-0.39, 0.29) is 21.8 Å². The summed E-state index contributed by atoms with van der Waals surface area (Å²) in [6.45, 7) is 0. The van der Waals surface area contributed by atoms with Crippen molar-refractivity contribution in [2.24, 2.45) is 5.14 Å². The molecule has 0 atom stereocenters. The van der Waals surface area contributed by atoms with E-state index < -0.39 is 10.0 Å². The molecule has 82 valence electrons. The van der Waals surface area contributed by atoms with E-state index in [0.717, 1.165) is 19.0 Å². The summed E-state index contributed by atoms with van der Waals surface area (Å²) in [5.74, 6) is 0.108. The van der Waals surface area contributed by atoms with Crippen molar-refractivity contribution in [3.8, 4) is 5.75 Å². The predicted molar refractivity (Wildman–Crippen MR) is 54.3 cm³/mol. The predicted octanol–water partition coefficient (Wildman–Crippen LogP) is 0.924. The summed E-state index contributed by atoms with van der Waals surface area (Å²) in [5, 5.41) is 5.18. The Balaban J connectivity index is 2.47. The molecule has 1 saturated carbocycles. The number of rotatable bonds is 3. The number of pyridine rings is 1. The molecule has 5 nitrogen and oxygen atoms in total. The van der Waals surface area contributed by atoms with Crippen LogP contribution in [-0.4, -0.2) is 19.5 Å². The molecule has 7 heteroatoms. The van der Waals surface area contributed by atoms with E-state index in [0.29, 0.717) is 0 Å². The van der Waals surface area contributed by atoms with Crippen LogP contribution in [0.25, 0.3) is 0 Å². The van der Waals surface area contributed by atoms with Crippen molar-refractivity contribution in [2.45, 2.75) is 23.8 Å². The molecule has 1 fully saturated rings. The molecule has 1 aromatic rings. The van der Waals surface area contributed by atoms with Crippen molar-refractivity contribution in [2.75, 3.05) is 0 Å². The zero-order chi connectivity index (χ0) is 11.1. The van der Waals surface area contributed by atoms with Gasteiger partial charge in [0.05, 0.1) is 12.3 Å². The maximum absolute atomic E-state index is 11.2. The summed E-state index contributed by atoms with van der Waals surface area (Å²) < 4.78 is 27.8. The molecule has 15 heavy (non-hydrogen) atoms. The van der Waals surface area contributed by atoms with Gasteiger partial charge in [0.25, 0.3) is 0 Å². The molecule has 0 aliphatic heterocycles. The first-order valence-electron chi connectivity index (χ1n) is 4.31. The van der Waals surface area contributed by atoms with Gasteiger partial charge in [-0.2, -0.15) is 0 Å². The normalized spacial score (nSPS) is 16.4. The van der Waals surface area contributed by atoms with Crippen molar-refractivity contribution in [3.05, 3.63) is 17.4 Å². The third kappa shape index (κ3) is 2.39. The average Bonchev–Trinajstić information content (AvgIpc) is 2.90. The van der Waals surface area contributed by atoms with E-state index >= 15 is 0 Å². The Morgan fingerprint density at radius 1 is 1.47 bits per heavy atom. The molecule has 0 aromatic carbocycles. The average molecular weight is 249 g/mol. The lowest BCUT2D eigenvalue weighted by Gasteiger charge is -2.09. The van der Waals surface area contributed by atoms with Gasteiger partial charge in [-0.3, -0.25) is 4.98 Å². The van der Waals surface area contributed by atoms with Crippen LogP contribution in [0.15, 0.2) is 17.3 Å². The maximum atomic E-state index is 11.2. The van der Waals surface area contributed by atoms with Crippen LogP contribution in [0.4, 0.5) is 0 Å². The van der Waals surface area contributed by atoms with Crippen molar-refractivity contribution < 1.29 is 13.2 Å². The smallest absolute Gasteiger partial charge is 0.243 e. The van der Waals surface area contributed by atoms with Crippen LogP contribution in [0.1, 0.15) is 12.8 Å². The third-order valence-corrected chi connectivity index (χ3v) is 3.11. The van der Waals surface area contributed by atoms with Crippen LogP contribution in [-0.2, 0) is 10.0 Å². The molecule has 1 aliphatic carbocycles. The van der Waals surface area contributed by atoms with E-state index in [1.807, 2.05) is 0 Å². The second-order valence-electron chi connectivity index (χ2n) is 3.31. The number of nitrogens with zero attached hydrogens (tertiary/aromatic N) is 1. The highest BCUT2D eigenvalue weighted by Crippen LogP contribution is 2.35. The summed E-state index contributed by atoms with van der Waals surface area (Å²) in [7, 11) is -3.85. The van der Waals surface area contributed by atoms with Gasteiger partial charge in [-0.15, -0.1) is 0 Å². The van der Waals surface area contributed by atoms with Crippen molar-refractivity contribution in [1.82, 2.24) is 4.98 Å². The number of halogens is 1. The molecule has 0 spiro atoms. The molecule has 0 radical (unpaired) electrons. The lowest BCUT2D eigenvalue weighted by molar-refractivity contribution is 0.295. The van der Waals surface area contributed by atoms with E-state index in [1.165, 1.54) is 6.20 Å². The molecule has 0 bridgehead atoms. The second kappa shape index (κ2) is 3.62. The van der Waals surface area contributed by atoms with Crippen LogP contribution in [0.5, 0.6) is 5.75 Å². The van der Waals surface area contributed by atoms with E-state index in [2.05, 4.69) is 4.98 Å². The molecule has 0 saturated heterocycles. The van der Waals surface area contributed by atoms with Crippen LogP contribution in [0.3, 0.4) is 0 Å². The SMILES string of the molecule is NS(=O)(=O)c1cncc(Cl)c1OC1CC1. The second-order valence-corrected chi connectivity index (χ2v) is 5.25. The molecular formula is C8H9ClN2O3S. The summed E-state index contributed by atoms with van der Waals surface area (Å²) in [6, 6.07) is 0. The lowest BCUT2D eigenvalue weighted by atomic mass is 10.4. The molecule has 2 N–H and O–H groups in total. The Kier molecular flexibility index (Phi) is 2.57. The molecule has 0 unspecified atom stereocenters. The molecule has 2 rings (SSSR count). The van der Waals surface area contributed by atoms with Crippen molar-refractivity contribution in [1.29, 1.82) is 0 Å². The first kappa shape index (κ1) is 10.7. The van der Waals surface area contributed by atoms with Gasteiger partial charge >= 0.3 is 0 Å². The maximum Gasteiger partial charge on any atom is 0.243 e. The zero-order valence-electron chi connectivity index (χ0n) is 7.68. The molecule has 1 heterocycles. The van der Waals surface area contributed by atoms with Crippen LogP contribution < -0.4 is 9.88 Å². The molecular weight excluding hydrogens is 240 g/mol. The molecule has 1 aromatic heterocycles. The monoisotopic (exact) mass is 248 g/mol.